The number of alkyl halides is 3. The molecule has 0 radical (unpaired) electrons. The fourth-order valence-corrected chi connectivity index (χ4v) is 9.56. The standard InChI is InChI=1S/C48H51F4N11O5/c1-27-21-31(9-10-37(27)62-26-32(24-54-62)42(65)53-25-40-55-46(58-57-40)47(3,4)48(50,51)52)30-7-5-29(6-8-30)28(2)59-15-13-33(14-16-59)60-17-19-61(20-18-60)39-23-35-34(22-36(39)49)44(67)63(45(35)68)38-11-12-41(64)56-43(38)66/h5-10,21-24,26,28,33,38H,11-20,25H2,1-4H3,(H,53,65)(H,55,57,58)(H,56,64,66). The Kier molecular flexibility index (Phi) is 12.3. The van der Waals surface area contributed by atoms with Crippen molar-refractivity contribution in [1.82, 2.24) is 50.3 Å². The molecular weight excluding hydrogens is 887 g/mol. The van der Waals surface area contributed by atoms with Gasteiger partial charge in [-0.1, -0.05) is 30.3 Å². The van der Waals surface area contributed by atoms with Crippen molar-refractivity contribution in [3.63, 3.8) is 0 Å². The molecule has 5 amide bonds. The van der Waals surface area contributed by atoms with Crippen molar-refractivity contribution in [3.8, 4) is 16.8 Å². The minimum atomic E-state index is -4.54. The van der Waals surface area contributed by atoms with Crippen LogP contribution in [0.15, 0.2) is 67.0 Å². The Balaban J connectivity index is 0.749. The summed E-state index contributed by atoms with van der Waals surface area (Å²) >= 11 is 0. The summed E-state index contributed by atoms with van der Waals surface area (Å²) in [4.78, 5) is 75.2. The number of benzene rings is 3. The number of hydrogen-bond acceptors (Lipinski definition) is 11. The molecule has 2 atom stereocenters. The van der Waals surface area contributed by atoms with Crippen LogP contribution >= 0.6 is 0 Å². The lowest BCUT2D eigenvalue weighted by atomic mass is 9.92. The molecule has 16 nitrogen and oxygen atoms in total. The van der Waals surface area contributed by atoms with Gasteiger partial charge in [-0.15, -0.1) is 0 Å². The SMILES string of the molecule is Cc1cc(-c2ccc(C(C)N3CCC(N4CCN(c5cc6c(cc5F)C(=O)N(C5CCC(=O)NC5=O)C6=O)CC4)CC3)cc2)ccc1-n1cc(C(=O)NCc2nc(C(C)(C)C(F)(F)F)n[nH]2)cn1. The molecule has 0 spiro atoms. The van der Waals surface area contributed by atoms with Gasteiger partial charge in [0.05, 0.1) is 40.8 Å². The van der Waals surface area contributed by atoms with Gasteiger partial charge >= 0.3 is 6.18 Å². The number of nitrogens with one attached hydrogen (secondary N) is 3. The van der Waals surface area contributed by atoms with Crippen LogP contribution in [-0.2, 0) is 21.5 Å². The predicted molar refractivity (Wildman–Crippen MR) is 240 cm³/mol. The van der Waals surface area contributed by atoms with Crippen LogP contribution in [0.5, 0.6) is 0 Å². The molecule has 9 rings (SSSR count). The number of likely N-dealkylation sites (tertiary alicyclic amines) is 1. The van der Waals surface area contributed by atoms with E-state index in [0.29, 0.717) is 19.1 Å². The largest absolute Gasteiger partial charge is 0.401 e. The predicted octanol–water partition coefficient (Wildman–Crippen LogP) is 5.62. The number of piperazine rings is 1. The topological polar surface area (TPSA) is 182 Å². The van der Waals surface area contributed by atoms with Crippen LogP contribution in [0.3, 0.4) is 0 Å². The highest BCUT2D eigenvalue weighted by Gasteiger charge is 2.51. The number of nitrogens with zero attached hydrogens (tertiary/aromatic N) is 8. The maximum atomic E-state index is 15.5. The summed E-state index contributed by atoms with van der Waals surface area (Å²) in [5.41, 5.74) is 3.27. The molecule has 20 heteroatoms. The number of amides is 5. The molecular formula is C48H51F4N11O5. The maximum Gasteiger partial charge on any atom is 0.401 e. The van der Waals surface area contributed by atoms with Gasteiger partial charge in [0.2, 0.25) is 11.8 Å². The third-order valence-electron chi connectivity index (χ3n) is 14.0. The van der Waals surface area contributed by atoms with Crippen LogP contribution < -0.4 is 15.5 Å². The highest BCUT2D eigenvalue weighted by atomic mass is 19.4. The molecule has 5 aromatic rings. The number of carbonyl (C=O) groups excluding carboxylic acids is 5. The second-order valence-corrected chi connectivity index (χ2v) is 18.5. The lowest BCUT2D eigenvalue weighted by Gasteiger charge is -2.44. The van der Waals surface area contributed by atoms with E-state index < -0.39 is 58.8 Å². The number of hydrogen-bond donors (Lipinski definition) is 3. The smallest absolute Gasteiger partial charge is 0.367 e. The molecule has 4 aliphatic rings. The quantitative estimate of drug-likeness (QED) is 0.110. The molecule has 0 saturated carbocycles. The van der Waals surface area contributed by atoms with Crippen LogP contribution in [0.4, 0.5) is 23.2 Å². The minimum Gasteiger partial charge on any atom is -0.367 e. The average Bonchev–Trinajstić information content (AvgIpc) is 4.07. The third-order valence-corrected chi connectivity index (χ3v) is 14.0. The van der Waals surface area contributed by atoms with Crippen LogP contribution in [0.25, 0.3) is 16.8 Å². The van der Waals surface area contributed by atoms with E-state index in [0.717, 1.165) is 86.2 Å². The Hall–Kier alpha value is -6.80. The molecule has 0 aliphatic carbocycles. The molecule has 3 N–H and O–H groups in total. The number of aromatic amines is 1. The summed E-state index contributed by atoms with van der Waals surface area (Å²) in [5.74, 6) is -3.93. The number of aromatic nitrogens is 5. The zero-order valence-corrected chi connectivity index (χ0v) is 38.0. The van der Waals surface area contributed by atoms with Crippen molar-refractivity contribution in [2.45, 2.75) is 89.6 Å². The molecule has 3 aromatic carbocycles. The molecule has 3 saturated heterocycles. The summed E-state index contributed by atoms with van der Waals surface area (Å²) in [6.45, 7) is 10.4. The second-order valence-electron chi connectivity index (χ2n) is 18.5. The summed E-state index contributed by atoms with van der Waals surface area (Å²) < 4.78 is 57.4. The number of carbonyl (C=O) groups is 5. The number of rotatable bonds is 11. The Morgan fingerprint density at radius 3 is 2.21 bits per heavy atom. The Morgan fingerprint density at radius 2 is 1.54 bits per heavy atom. The fraction of sp³-hybridized carbons (Fsp3) is 0.417. The average molecular weight is 938 g/mol. The summed E-state index contributed by atoms with van der Waals surface area (Å²) in [6.07, 6.45) is 0.496. The number of imide groups is 2. The van der Waals surface area contributed by atoms with Crippen LogP contribution in [0, 0.1) is 12.7 Å². The molecule has 68 heavy (non-hydrogen) atoms. The zero-order chi connectivity index (χ0) is 48.2. The van der Waals surface area contributed by atoms with Crippen molar-refractivity contribution in [2.75, 3.05) is 44.2 Å². The van der Waals surface area contributed by atoms with E-state index >= 15 is 4.39 Å². The Bertz CT molecular complexity index is 2790. The maximum absolute atomic E-state index is 15.5. The number of aryl methyl sites for hydroxylation is 1. The van der Waals surface area contributed by atoms with Gasteiger partial charge in [0.15, 0.2) is 5.82 Å². The minimum absolute atomic E-state index is 0.00648. The van der Waals surface area contributed by atoms with Crippen LogP contribution in [0.1, 0.15) is 106 Å². The zero-order valence-electron chi connectivity index (χ0n) is 38.0. The monoisotopic (exact) mass is 937 g/mol. The summed E-state index contributed by atoms with van der Waals surface area (Å²) in [7, 11) is 0. The molecule has 356 valence electrons. The van der Waals surface area contributed by atoms with E-state index in [1.54, 1.807) is 10.9 Å². The van der Waals surface area contributed by atoms with Crippen molar-refractivity contribution in [3.05, 3.63) is 112 Å². The number of piperidine rings is 2. The molecule has 6 heterocycles. The summed E-state index contributed by atoms with van der Waals surface area (Å²) in [6, 6.07) is 16.6. The first-order valence-electron chi connectivity index (χ1n) is 22.7. The van der Waals surface area contributed by atoms with Gasteiger partial charge in [-0.3, -0.25) is 49.1 Å². The molecule has 4 aliphatic heterocycles. The normalized spacial score (nSPS) is 19.4. The van der Waals surface area contributed by atoms with Gasteiger partial charge in [0, 0.05) is 64.0 Å². The second kappa shape index (κ2) is 18.0. The van der Waals surface area contributed by atoms with Crippen LogP contribution in [0.2, 0.25) is 0 Å². The van der Waals surface area contributed by atoms with Gasteiger partial charge < -0.3 is 10.2 Å². The van der Waals surface area contributed by atoms with Gasteiger partial charge in [-0.05, 0) is 93.5 Å². The molecule has 3 fully saturated rings. The molecule has 2 unspecified atom stereocenters. The van der Waals surface area contributed by atoms with Gasteiger partial charge in [0.25, 0.3) is 17.7 Å². The van der Waals surface area contributed by atoms with Gasteiger partial charge in [0.1, 0.15) is 23.1 Å². The van der Waals surface area contributed by atoms with Gasteiger partial charge in [-0.25, -0.2) is 14.1 Å². The number of anilines is 1. The number of halogens is 4. The fourth-order valence-electron chi connectivity index (χ4n) is 9.56. The Morgan fingerprint density at radius 1 is 0.868 bits per heavy atom. The highest BCUT2D eigenvalue weighted by Crippen LogP contribution is 2.39. The van der Waals surface area contributed by atoms with Crippen LogP contribution in [-0.4, -0.2) is 127 Å². The number of fused-ring (bicyclic) bond motifs is 1. The first kappa shape index (κ1) is 46.3. The van der Waals surface area contributed by atoms with Crippen molar-refractivity contribution < 1.29 is 41.5 Å². The third kappa shape index (κ3) is 8.77. The molecule has 2 aromatic heterocycles. The van der Waals surface area contributed by atoms with Crippen molar-refractivity contribution in [1.29, 1.82) is 0 Å². The first-order chi connectivity index (χ1) is 32.4. The summed E-state index contributed by atoms with van der Waals surface area (Å²) in [5, 5.41) is 15.4. The molecule has 0 bridgehead atoms. The number of H-pyrrole nitrogens is 1. The van der Waals surface area contributed by atoms with Gasteiger partial charge in [-0.2, -0.15) is 23.4 Å². The highest BCUT2D eigenvalue weighted by molar-refractivity contribution is 6.23. The van der Waals surface area contributed by atoms with E-state index in [4.69, 9.17) is 0 Å². The Labute approximate surface area is 389 Å². The van der Waals surface area contributed by atoms with E-state index in [9.17, 15) is 37.1 Å². The lowest BCUT2D eigenvalue weighted by molar-refractivity contribution is -0.182. The lowest BCUT2D eigenvalue weighted by Crippen LogP contribution is -2.54. The van der Waals surface area contributed by atoms with Crippen molar-refractivity contribution in [2.24, 2.45) is 0 Å². The van der Waals surface area contributed by atoms with Crippen molar-refractivity contribution >= 4 is 35.2 Å². The van der Waals surface area contributed by atoms with E-state index in [-0.39, 0.29) is 53.6 Å². The first-order valence-corrected chi connectivity index (χ1v) is 22.7. The van der Waals surface area contributed by atoms with E-state index in [1.165, 1.54) is 17.8 Å². The van der Waals surface area contributed by atoms with E-state index in [1.807, 2.05) is 24.0 Å². The van der Waals surface area contributed by atoms with E-state index in [2.05, 4.69) is 78.0 Å².